The topological polar surface area (TPSA) is 39.2 Å². The highest BCUT2D eigenvalue weighted by atomic mass is 32.2. The molecule has 0 amide bonds. The summed E-state index contributed by atoms with van der Waals surface area (Å²) in [5, 5.41) is 0. The van der Waals surface area contributed by atoms with Crippen LogP contribution in [0.5, 0.6) is 5.75 Å². The standard InChI is InChI=1S/C11H17NO2S/c1-11(2,3)10-7-9(5-6-12-10)14-8-15(4)13/h5-7H,8H2,1-4H3. The minimum Gasteiger partial charge on any atom is -0.480 e. The third kappa shape index (κ3) is 4.00. The van der Waals surface area contributed by atoms with Crippen LogP contribution in [0.1, 0.15) is 26.5 Å². The zero-order valence-corrected chi connectivity index (χ0v) is 10.4. The van der Waals surface area contributed by atoms with E-state index in [4.69, 9.17) is 4.74 Å². The zero-order valence-electron chi connectivity index (χ0n) is 9.61. The maximum absolute atomic E-state index is 10.9. The lowest BCUT2D eigenvalue weighted by Crippen LogP contribution is -2.13. The lowest BCUT2D eigenvalue weighted by Gasteiger charge is -2.18. The van der Waals surface area contributed by atoms with Gasteiger partial charge in [-0.1, -0.05) is 20.8 Å². The number of hydrogen-bond acceptors (Lipinski definition) is 3. The Labute approximate surface area is 93.3 Å². The van der Waals surface area contributed by atoms with Crippen molar-refractivity contribution in [3.63, 3.8) is 0 Å². The first-order valence-electron chi connectivity index (χ1n) is 4.79. The molecule has 0 saturated carbocycles. The number of aromatic nitrogens is 1. The maximum atomic E-state index is 10.9. The highest BCUT2D eigenvalue weighted by molar-refractivity contribution is 7.84. The van der Waals surface area contributed by atoms with Gasteiger partial charge in [0.1, 0.15) is 5.75 Å². The molecule has 0 bridgehead atoms. The SMILES string of the molecule is CS(=O)COc1ccnc(C(C)(C)C)c1. The Morgan fingerprint density at radius 1 is 1.47 bits per heavy atom. The van der Waals surface area contributed by atoms with Gasteiger partial charge in [0.05, 0.1) is 10.8 Å². The summed E-state index contributed by atoms with van der Waals surface area (Å²) in [6.07, 6.45) is 3.33. The van der Waals surface area contributed by atoms with Gasteiger partial charge < -0.3 is 4.74 Å². The number of nitrogens with zero attached hydrogens (tertiary/aromatic N) is 1. The van der Waals surface area contributed by atoms with E-state index in [9.17, 15) is 4.21 Å². The van der Waals surface area contributed by atoms with Crippen molar-refractivity contribution in [1.82, 2.24) is 4.98 Å². The van der Waals surface area contributed by atoms with Gasteiger partial charge in [-0.2, -0.15) is 0 Å². The molecule has 1 aromatic heterocycles. The van der Waals surface area contributed by atoms with Crippen molar-refractivity contribution in [2.75, 3.05) is 12.2 Å². The molecule has 0 aromatic carbocycles. The first kappa shape index (κ1) is 12.2. The maximum Gasteiger partial charge on any atom is 0.162 e. The first-order valence-corrected chi connectivity index (χ1v) is 6.51. The summed E-state index contributed by atoms with van der Waals surface area (Å²) in [5.41, 5.74) is 0.979. The summed E-state index contributed by atoms with van der Waals surface area (Å²) in [6.45, 7) is 6.28. The zero-order chi connectivity index (χ0) is 11.5. The van der Waals surface area contributed by atoms with E-state index >= 15 is 0 Å². The summed E-state index contributed by atoms with van der Waals surface area (Å²) >= 11 is 0. The summed E-state index contributed by atoms with van der Waals surface area (Å²) in [4.78, 5) is 4.28. The van der Waals surface area contributed by atoms with E-state index in [1.165, 1.54) is 0 Å². The number of rotatable bonds is 3. The molecule has 0 aliphatic heterocycles. The Morgan fingerprint density at radius 2 is 2.13 bits per heavy atom. The molecule has 0 fully saturated rings. The van der Waals surface area contributed by atoms with Crippen molar-refractivity contribution in [3.05, 3.63) is 24.0 Å². The predicted octanol–water partition coefficient (Wildman–Crippen LogP) is 2.09. The van der Waals surface area contributed by atoms with Crippen LogP contribution in [0, 0.1) is 0 Å². The van der Waals surface area contributed by atoms with Crippen LogP contribution in [0.2, 0.25) is 0 Å². The van der Waals surface area contributed by atoms with E-state index in [-0.39, 0.29) is 11.4 Å². The molecule has 0 saturated heterocycles. The Morgan fingerprint density at radius 3 is 2.67 bits per heavy atom. The Hall–Kier alpha value is -0.900. The second-order valence-electron chi connectivity index (χ2n) is 4.46. The Balaban J connectivity index is 2.79. The molecule has 4 heteroatoms. The van der Waals surface area contributed by atoms with Gasteiger partial charge in [0, 0.05) is 29.6 Å². The van der Waals surface area contributed by atoms with Crippen molar-refractivity contribution < 1.29 is 8.95 Å². The average molecular weight is 227 g/mol. The molecule has 3 nitrogen and oxygen atoms in total. The summed E-state index contributed by atoms with van der Waals surface area (Å²) < 4.78 is 16.2. The average Bonchev–Trinajstić information content (AvgIpc) is 2.14. The van der Waals surface area contributed by atoms with E-state index in [1.807, 2.05) is 6.07 Å². The predicted molar refractivity (Wildman–Crippen MR) is 62.5 cm³/mol. The number of hydrogen-bond donors (Lipinski definition) is 0. The normalized spacial score (nSPS) is 13.6. The molecule has 0 spiro atoms. The van der Waals surface area contributed by atoms with Crippen molar-refractivity contribution in [1.29, 1.82) is 0 Å². The van der Waals surface area contributed by atoms with Gasteiger partial charge in [0.2, 0.25) is 0 Å². The minimum absolute atomic E-state index is 0.00470. The fourth-order valence-electron chi connectivity index (χ4n) is 1.06. The smallest absolute Gasteiger partial charge is 0.162 e. The third-order valence-electron chi connectivity index (χ3n) is 1.89. The van der Waals surface area contributed by atoms with Gasteiger partial charge in [-0.15, -0.1) is 0 Å². The van der Waals surface area contributed by atoms with Gasteiger partial charge in [-0.25, -0.2) is 0 Å². The summed E-state index contributed by atoms with van der Waals surface area (Å²) in [5.74, 6) is 0.957. The number of ether oxygens (including phenoxy) is 1. The lowest BCUT2D eigenvalue weighted by atomic mass is 9.92. The molecule has 0 aliphatic carbocycles. The van der Waals surface area contributed by atoms with Crippen LogP contribution in [0.4, 0.5) is 0 Å². The summed E-state index contributed by atoms with van der Waals surface area (Å²) in [6, 6.07) is 3.68. The van der Waals surface area contributed by atoms with Crippen LogP contribution >= 0.6 is 0 Å². The number of pyridine rings is 1. The third-order valence-corrected chi connectivity index (χ3v) is 2.34. The van der Waals surface area contributed by atoms with Gasteiger partial charge >= 0.3 is 0 Å². The van der Waals surface area contributed by atoms with E-state index in [0.29, 0.717) is 0 Å². The van der Waals surface area contributed by atoms with Crippen LogP contribution in [-0.2, 0) is 16.2 Å². The molecule has 84 valence electrons. The molecule has 1 atom stereocenters. The van der Waals surface area contributed by atoms with Crippen LogP contribution in [0.3, 0.4) is 0 Å². The Kier molecular flexibility index (Phi) is 3.85. The molecule has 1 rings (SSSR count). The fourth-order valence-corrected chi connectivity index (χ4v) is 1.36. The first-order chi connectivity index (χ1) is 6.89. The monoisotopic (exact) mass is 227 g/mol. The van der Waals surface area contributed by atoms with Crippen molar-refractivity contribution >= 4 is 10.8 Å². The van der Waals surface area contributed by atoms with Crippen molar-refractivity contribution in [2.24, 2.45) is 0 Å². The van der Waals surface area contributed by atoms with E-state index in [0.717, 1.165) is 11.4 Å². The van der Waals surface area contributed by atoms with Crippen molar-refractivity contribution in [2.45, 2.75) is 26.2 Å². The van der Waals surface area contributed by atoms with Crippen LogP contribution in [-0.4, -0.2) is 21.4 Å². The molecule has 0 radical (unpaired) electrons. The van der Waals surface area contributed by atoms with Gasteiger partial charge in [0.15, 0.2) is 5.94 Å². The van der Waals surface area contributed by atoms with Gasteiger partial charge in [-0.05, 0) is 6.07 Å². The Bertz CT molecular complexity index is 358. The minimum atomic E-state index is -0.936. The van der Waals surface area contributed by atoms with E-state index < -0.39 is 10.8 Å². The molecule has 1 aromatic rings. The fraction of sp³-hybridized carbons (Fsp3) is 0.545. The van der Waals surface area contributed by atoms with Crippen LogP contribution < -0.4 is 4.74 Å². The highest BCUT2D eigenvalue weighted by Crippen LogP contribution is 2.23. The van der Waals surface area contributed by atoms with Gasteiger partial charge in [0.25, 0.3) is 0 Å². The second-order valence-corrected chi connectivity index (χ2v) is 5.84. The molecular formula is C11H17NO2S. The molecule has 0 aliphatic rings. The van der Waals surface area contributed by atoms with Crippen LogP contribution in [0.15, 0.2) is 18.3 Å². The van der Waals surface area contributed by atoms with E-state index in [2.05, 4.69) is 25.8 Å². The molecule has 15 heavy (non-hydrogen) atoms. The van der Waals surface area contributed by atoms with Crippen molar-refractivity contribution in [3.8, 4) is 5.75 Å². The summed E-state index contributed by atoms with van der Waals surface area (Å²) in [7, 11) is -0.936. The lowest BCUT2D eigenvalue weighted by molar-refractivity contribution is 0.384. The molecular weight excluding hydrogens is 210 g/mol. The quantitative estimate of drug-likeness (QED) is 0.793. The molecule has 1 unspecified atom stereocenters. The highest BCUT2D eigenvalue weighted by Gasteiger charge is 2.15. The van der Waals surface area contributed by atoms with Crippen LogP contribution in [0.25, 0.3) is 0 Å². The van der Waals surface area contributed by atoms with Gasteiger partial charge in [-0.3, -0.25) is 9.19 Å². The van der Waals surface area contributed by atoms with E-state index in [1.54, 1.807) is 18.5 Å². The molecule has 0 N–H and O–H groups in total. The molecule has 1 heterocycles. The second kappa shape index (κ2) is 4.75. The largest absolute Gasteiger partial charge is 0.480 e.